The van der Waals surface area contributed by atoms with E-state index in [0.717, 1.165) is 0 Å². The summed E-state index contributed by atoms with van der Waals surface area (Å²) in [5.74, 6) is -48.4. The van der Waals surface area contributed by atoms with Crippen molar-refractivity contribution in [3.05, 3.63) is 121 Å². The van der Waals surface area contributed by atoms with Crippen LogP contribution in [0.1, 0.15) is 22.3 Å². The lowest BCUT2D eigenvalue weighted by Crippen LogP contribution is -2.24. The number of benzene rings is 4. The van der Waals surface area contributed by atoms with Gasteiger partial charge >= 0.3 is 0 Å². The molecule has 4 aromatic rings. The second kappa shape index (κ2) is 13.4. The highest BCUT2D eigenvalue weighted by atomic mass is 31.0. The van der Waals surface area contributed by atoms with Crippen LogP contribution in [0.25, 0.3) is 11.1 Å². The molecule has 0 aliphatic rings. The van der Waals surface area contributed by atoms with Gasteiger partial charge in [0.05, 0.1) is 29.1 Å². The van der Waals surface area contributed by atoms with Crippen molar-refractivity contribution in [2.45, 2.75) is 6.92 Å². The third-order valence-corrected chi connectivity index (χ3v) is 7.23. The number of nitrogens with zero attached hydrogens (tertiary/aromatic N) is 2. The highest BCUT2D eigenvalue weighted by Crippen LogP contribution is 2.37. The minimum absolute atomic E-state index is 0.523. The van der Waals surface area contributed by atoms with Crippen molar-refractivity contribution in [3.63, 3.8) is 0 Å². The number of halogens is 17. The van der Waals surface area contributed by atoms with Crippen LogP contribution in [-0.2, 0) is 0 Å². The van der Waals surface area contributed by atoms with Crippen LogP contribution in [0.5, 0.6) is 0 Å². The van der Waals surface area contributed by atoms with Gasteiger partial charge in [-0.15, -0.1) is 9.24 Å². The van der Waals surface area contributed by atoms with Gasteiger partial charge in [-0.3, -0.25) is 4.99 Å². The van der Waals surface area contributed by atoms with E-state index in [1.54, 1.807) is 0 Å². The summed E-state index contributed by atoms with van der Waals surface area (Å²) in [6.07, 6.45) is 0. The zero-order valence-corrected chi connectivity index (χ0v) is 24.3. The lowest BCUT2D eigenvalue weighted by atomic mass is 9.95. The summed E-state index contributed by atoms with van der Waals surface area (Å²) in [5, 5.41) is -1.42. The average Bonchev–Trinajstić information content (AvgIpc) is 3.07. The normalized spacial score (nSPS) is 11.9. The maximum atomic E-state index is 15.8. The molecule has 0 amide bonds. The van der Waals surface area contributed by atoms with Crippen LogP contribution in [0.2, 0.25) is 0 Å². The quantitative estimate of drug-likeness (QED) is 0.0559. The molecule has 4 rings (SSSR count). The maximum Gasteiger partial charge on any atom is 0.200 e. The molecule has 0 aliphatic carbocycles. The zero-order valence-electron chi connectivity index (χ0n) is 23.2. The first-order chi connectivity index (χ1) is 22.7. The number of amidine groups is 1. The zero-order chi connectivity index (χ0) is 37.1. The lowest BCUT2D eigenvalue weighted by molar-refractivity contribution is 0.373. The van der Waals surface area contributed by atoms with Crippen molar-refractivity contribution in [1.82, 2.24) is 0 Å². The van der Waals surface area contributed by atoms with Gasteiger partial charge in [0.1, 0.15) is 5.82 Å². The van der Waals surface area contributed by atoms with Gasteiger partial charge in [-0.1, -0.05) is 0 Å². The van der Waals surface area contributed by atoms with Gasteiger partial charge in [0.2, 0.25) is 11.6 Å². The Morgan fingerprint density at radius 1 is 0.449 bits per heavy atom. The smallest absolute Gasteiger partial charge is 0.200 e. The summed E-state index contributed by atoms with van der Waals surface area (Å²) in [5.41, 5.74) is -9.00. The molecule has 1 unspecified atom stereocenters. The topological polar surface area (TPSA) is 50.7 Å². The van der Waals surface area contributed by atoms with E-state index in [-0.39, 0.29) is 0 Å². The molecule has 0 heterocycles. The summed E-state index contributed by atoms with van der Waals surface area (Å²) in [6, 6.07) is 0. The molecule has 0 saturated heterocycles. The molecular weight excluding hydrogens is 732 g/mol. The van der Waals surface area contributed by atoms with Gasteiger partial charge in [-0.05, 0) is 12.5 Å². The first-order valence-corrected chi connectivity index (χ1v) is 13.0. The summed E-state index contributed by atoms with van der Waals surface area (Å²) in [4.78, 5) is 6.04. The van der Waals surface area contributed by atoms with Crippen molar-refractivity contribution >= 4 is 26.1 Å². The highest BCUT2D eigenvalue weighted by molar-refractivity contribution is 7.28. The molecule has 260 valence electrons. The molecule has 49 heavy (non-hydrogen) atoms. The van der Waals surface area contributed by atoms with Crippen LogP contribution in [-0.4, -0.2) is 18.2 Å². The fourth-order valence-corrected chi connectivity index (χ4v) is 4.80. The largest absolute Gasteiger partial charge is 0.312 e. The van der Waals surface area contributed by atoms with Crippen molar-refractivity contribution < 1.29 is 74.6 Å². The van der Waals surface area contributed by atoms with Gasteiger partial charge in [0.15, 0.2) is 87.3 Å². The van der Waals surface area contributed by atoms with E-state index in [1.807, 2.05) is 0 Å². The average molecular weight is 741 g/mol. The maximum absolute atomic E-state index is 15.8. The first kappa shape index (κ1) is 37.2. The fourth-order valence-electron chi connectivity index (χ4n) is 4.38. The summed E-state index contributed by atoms with van der Waals surface area (Å²) in [6.45, 7) is -0.771. The summed E-state index contributed by atoms with van der Waals surface area (Å²) in [7, 11) is 1.29. The van der Waals surface area contributed by atoms with Crippen molar-refractivity contribution in [3.8, 4) is 11.1 Å². The van der Waals surface area contributed by atoms with Crippen molar-refractivity contribution in [2.24, 2.45) is 15.7 Å². The Morgan fingerprint density at radius 3 is 1.18 bits per heavy atom. The third kappa shape index (κ3) is 5.69. The second-order valence-electron chi connectivity index (χ2n) is 9.38. The van der Waals surface area contributed by atoms with Crippen LogP contribution >= 0.6 is 9.24 Å². The molecule has 0 aliphatic heterocycles. The van der Waals surface area contributed by atoms with E-state index in [2.05, 4.69) is 9.98 Å². The van der Waals surface area contributed by atoms with Crippen molar-refractivity contribution in [2.75, 3.05) is 6.67 Å². The molecule has 0 saturated carbocycles. The molecule has 0 radical (unpaired) electrons. The van der Waals surface area contributed by atoms with Gasteiger partial charge in [0.25, 0.3) is 0 Å². The van der Waals surface area contributed by atoms with Gasteiger partial charge in [0, 0.05) is 16.4 Å². The molecule has 1 atom stereocenters. The standard InChI is InChI=1S/C28H9F17N3P/c1-3-4(10(30)19(39)18(38)9(3)29)5-11(31)16(36)8(17(37)27(5)49)28(47-2-46)48-26(6-12(32)20(40)24(44)21(41)13(6)33)7-14(34)22(42)25(45)23(43)15(7)35/h2,46,49H2,1H3. The van der Waals surface area contributed by atoms with Gasteiger partial charge in [-0.2, -0.15) is 0 Å². The van der Waals surface area contributed by atoms with E-state index < -0.39 is 156 Å². The Morgan fingerprint density at radius 2 is 0.776 bits per heavy atom. The Bertz CT molecular complexity index is 1980. The van der Waals surface area contributed by atoms with Crippen LogP contribution in [0.3, 0.4) is 0 Å². The molecule has 2 N–H and O–H groups in total. The van der Waals surface area contributed by atoms with E-state index in [9.17, 15) is 61.5 Å². The second-order valence-corrected chi connectivity index (χ2v) is 9.95. The molecule has 0 aromatic heterocycles. The highest BCUT2D eigenvalue weighted by Gasteiger charge is 2.37. The minimum atomic E-state index is -2.97. The van der Waals surface area contributed by atoms with E-state index in [1.165, 1.54) is 9.24 Å². The van der Waals surface area contributed by atoms with E-state index in [0.29, 0.717) is 6.92 Å². The molecule has 21 heteroatoms. The number of hydrogen-bond donors (Lipinski definition) is 1. The Balaban J connectivity index is 2.22. The number of nitrogens with two attached hydrogens (primary N) is 1. The molecule has 0 fully saturated rings. The van der Waals surface area contributed by atoms with Crippen molar-refractivity contribution in [1.29, 1.82) is 0 Å². The Kier molecular flexibility index (Phi) is 10.2. The number of hydrogen-bond acceptors (Lipinski definition) is 2. The summed E-state index contributed by atoms with van der Waals surface area (Å²) < 4.78 is 247. The third-order valence-electron chi connectivity index (χ3n) is 6.68. The molecule has 0 spiro atoms. The number of rotatable bonds is 5. The Labute approximate surface area is 262 Å². The predicted molar refractivity (Wildman–Crippen MR) is 139 cm³/mol. The van der Waals surface area contributed by atoms with Crippen LogP contribution in [0.4, 0.5) is 74.6 Å². The van der Waals surface area contributed by atoms with Crippen LogP contribution in [0.15, 0.2) is 9.98 Å². The van der Waals surface area contributed by atoms with Crippen LogP contribution < -0.4 is 11.0 Å². The fraction of sp³-hybridized carbons (Fsp3) is 0.0714. The minimum Gasteiger partial charge on any atom is -0.312 e. The van der Waals surface area contributed by atoms with E-state index in [4.69, 9.17) is 5.73 Å². The summed E-state index contributed by atoms with van der Waals surface area (Å²) >= 11 is 0. The first-order valence-electron chi connectivity index (χ1n) is 12.4. The van der Waals surface area contributed by atoms with E-state index >= 15 is 13.2 Å². The molecule has 3 nitrogen and oxygen atoms in total. The molecule has 0 bridgehead atoms. The molecule has 4 aromatic carbocycles. The monoisotopic (exact) mass is 741 g/mol. The van der Waals surface area contributed by atoms with Gasteiger partial charge < -0.3 is 5.73 Å². The number of aliphatic imine (C=N–C) groups is 2. The van der Waals surface area contributed by atoms with Gasteiger partial charge in [-0.25, -0.2) is 79.6 Å². The SMILES string of the molecule is Cc1c(F)c(F)c(F)c(F)c1-c1c(F)c(F)c(C(N=C(c2c(F)c(F)c(F)c(F)c2F)c2c(F)c(F)c(F)c(F)c2F)=NCN)c(F)c1P. The van der Waals surface area contributed by atoms with Crippen LogP contribution in [0, 0.1) is 106 Å². The molecular formula is C28H9F17N3P. The lowest BCUT2D eigenvalue weighted by Gasteiger charge is -2.18. The Hall–Kier alpha value is -4.58. The predicted octanol–water partition coefficient (Wildman–Crippen LogP) is 7.73.